The first-order valence-electron chi connectivity index (χ1n) is 6.68. The molecule has 6 nitrogen and oxygen atoms in total. The van der Waals surface area contributed by atoms with Crippen molar-refractivity contribution in [2.75, 3.05) is 25.0 Å². The zero-order valence-corrected chi connectivity index (χ0v) is 11.2. The Morgan fingerprint density at radius 2 is 2.10 bits per heavy atom. The third kappa shape index (κ3) is 4.24. The molecule has 0 aliphatic carbocycles. The molecular weight excluding hydrogens is 258 g/mol. The molecule has 4 N–H and O–H groups in total. The van der Waals surface area contributed by atoms with Gasteiger partial charge in [0.15, 0.2) is 0 Å². The molecule has 2 amide bonds. The molecule has 1 unspecified atom stereocenters. The number of hydrogen-bond acceptors (Lipinski definition) is 4. The minimum atomic E-state index is -0.390. The highest BCUT2D eigenvalue weighted by molar-refractivity contribution is 5.92. The van der Waals surface area contributed by atoms with Crippen molar-refractivity contribution in [3.05, 3.63) is 24.3 Å². The summed E-state index contributed by atoms with van der Waals surface area (Å²) in [5, 5.41) is 6.04. The molecule has 1 fully saturated rings. The van der Waals surface area contributed by atoms with Crippen molar-refractivity contribution in [1.29, 1.82) is 0 Å². The summed E-state index contributed by atoms with van der Waals surface area (Å²) >= 11 is 0. The van der Waals surface area contributed by atoms with Crippen molar-refractivity contribution < 1.29 is 14.3 Å². The number of carbonyl (C=O) groups excluding carboxylic acids is 2. The van der Waals surface area contributed by atoms with Crippen molar-refractivity contribution >= 4 is 17.5 Å². The third-order valence-corrected chi connectivity index (χ3v) is 3.17. The average molecular weight is 277 g/mol. The monoisotopic (exact) mass is 277 g/mol. The van der Waals surface area contributed by atoms with Crippen LogP contribution in [0.2, 0.25) is 0 Å². The number of rotatable bonds is 6. The van der Waals surface area contributed by atoms with Crippen LogP contribution in [0.4, 0.5) is 5.69 Å². The molecule has 1 atom stereocenters. The van der Waals surface area contributed by atoms with Crippen LogP contribution in [0.25, 0.3) is 0 Å². The van der Waals surface area contributed by atoms with Crippen molar-refractivity contribution in [3.63, 3.8) is 0 Å². The fourth-order valence-electron chi connectivity index (χ4n) is 2.03. The molecule has 1 aromatic carbocycles. The van der Waals surface area contributed by atoms with Gasteiger partial charge in [0, 0.05) is 12.2 Å². The normalized spacial score (nSPS) is 17.7. The van der Waals surface area contributed by atoms with Gasteiger partial charge in [0.05, 0.1) is 18.9 Å². The van der Waals surface area contributed by atoms with E-state index in [1.54, 1.807) is 24.3 Å². The Bertz CT molecular complexity index is 467. The number of ether oxygens (including phenoxy) is 1. The van der Waals surface area contributed by atoms with E-state index in [4.69, 9.17) is 10.5 Å². The summed E-state index contributed by atoms with van der Waals surface area (Å²) in [7, 11) is 0. The molecule has 1 aromatic rings. The first kappa shape index (κ1) is 14.3. The van der Waals surface area contributed by atoms with Crippen LogP contribution in [0, 0.1) is 5.92 Å². The fourth-order valence-corrected chi connectivity index (χ4v) is 2.03. The number of amides is 2. The second kappa shape index (κ2) is 6.91. The molecule has 1 aliphatic rings. The summed E-state index contributed by atoms with van der Waals surface area (Å²) in [5.74, 6) is 0.338. The van der Waals surface area contributed by atoms with Crippen LogP contribution in [-0.2, 0) is 9.59 Å². The maximum absolute atomic E-state index is 11.9. The second-order valence-electron chi connectivity index (χ2n) is 4.77. The number of nitrogens with one attached hydrogen (secondary N) is 2. The zero-order valence-electron chi connectivity index (χ0n) is 11.2. The molecule has 108 valence electrons. The topological polar surface area (TPSA) is 93.5 Å². The van der Waals surface area contributed by atoms with Crippen molar-refractivity contribution in [2.24, 2.45) is 11.7 Å². The van der Waals surface area contributed by atoms with Gasteiger partial charge in [-0.05, 0) is 37.2 Å². The summed E-state index contributed by atoms with van der Waals surface area (Å²) in [6.45, 7) is 1.89. The number of benzene rings is 1. The van der Waals surface area contributed by atoms with Gasteiger partial charge in [0.25, 0.3) is 0 Å². The van der Waals surface area contributed by atoms with Gasteiger partial charge in [0.2, 0.25) is 11.8 Å². The van der Waals surface area contributed by atoms with E-state index in [9.17, 15) is 9.59 Å². The lowest BCUT2D eigenvalue weighted by Crippen LogP contribution is -2.24. The van der Waals surface area contributed by atoms with Crippen molar-refractivity contribution in [2.45, 2.75) is 12.8 Å². The van der Waals surface area contributed by atoms with E-state index in [-0.39, 0.29) is 30.8 Å². The van der Waals surface area contributed by atoms with Crippen LogP contribution in [0.5, 0.6) is 5.75 Å². The predicted octanol–water partition coefficient (Wildman–Crippen LogP) is 0.489. The van der Waals surface area contributed by atoms with E-state index in [0.29, 0.717) is 5.75 Å². The van der Waals surface area contributed by atoms with Gasteiger partial charge in [-0.3, -0.25) is 9.59 Å². The second-order valence-corrected chi connectivity index (χ2v) is 4.77. The van der Waals surface area contributed by atoms with Gasteiger partial charge in [-0.1, -0.05) is 0 Å². The molecule has 6 heteroatoms. The molecule has 1 aliphatic heterocycles. The fraction of sp³-hybridized carbons (Fsp3) is 0.429. The lowest BCUT2D eigenvalue weighted by atomic mass is 10.1. The van der Waals surface area contributed by atoms with E-state index in [1.807, 2.05) is 0 Å². The maximum Gasteiger partial charge on any atom is 0.228 e. The average Bonchev–Trinajstić information content (AvgIpc) is 2.94. The molecule has 2 rings (SSSR count). The Balaban J connectivity index is 1.81. The number of carbonyl (C=O) groups is 2. The summed E-state index contributed by atoms with van der Waals surface area (Å²) in [6, 6.07) is 7.06. The Morgan fingerprint density at radius 1 is 1.35 bits per heavy atom. The van der Waals surface area contributed by atoms with Gasteiger partial charge in [0.1, 0.15) is 5.75 Å². The van der Waals surface area contributed by atoms with E-state index in [2.05, 4.69) is 10.6 Å². The van der Waals surface area contributed by atoms with Gasteiger partial charge >= 0.3 is 0 Å². The standard InChI is InChI=1S/C14H19N3O3/c15-13(18)6-8-20-12-3-1-11(2-4-12)17-14(19)10-5-7-16-9-10/h1-4,10,16H,5-9H2,(H2,15,18)(H,17,19). The van der Waals surface area contributed by atoms with Gasteiger partial charge in [-0.15, -0.1) is 0 Å². The van der Waals surface area contributed by atoms with Crippen LogP contribution < -0.4 is 21.1 Å². The molecule has 0 aromatic heterocycles. The first-order chi connectivity index (χ1) is 9.65. The highest BCUT2D eigenvalue weighted by atomic mass is 16.5. The summed E-state index contributed by atoms with van der Waals surface area (Å²) in [4.78, 5) is 22.5. The molecule has 0 bridgehead atoms. The lowest BCUT2D eigenvalue weighted by molar-refractivity contribution is -0.119. The zero-order chi connectivity index (χ0) is 14.4. The van der Waals surface area contributed by atoms with E-state index >= 15 is 0 Å². The Hall–Kier alpha value is -2.08. The van der Waals surface area contributed by atoms with Crippen LogP contribution in [-0.4, -0.2) is 31.5 Å². The minimum absolute atomic E-state index is 0.0393. The number of anilines is 1. The summed E-state index contributed by atoms with van der Waals surface area (Å²) in [5.41, 5.74) is 5.76. The first-order valence-corrected chi connectivity index (χ1v) is 6.68. The molecule has 0 radical (unpaired) electrons. The molecule has 1 heterocycles. The van der Waals surface area contributed by atoms with E-state index < -0.39 is 0 Å². The van der Waals surface area contributed by atoms with E-state index in [0.717, 1.165) is 25.2 Å². The number of nitrogens with two attached hydrogens (primary N) is 1. The van der Waals surface area contributed by atoms with Crippen LogP contribution >= 0.6 is 0 Å². The Labute approximate surface area is 117 Å². The van der Waals surface area contributed by atoms with Crippen LogP contribution in [0.15, 0.2) is 24.3 Å². The van der Waals surface area contributed by atoms with Gasteiger partial charge < -0.3 is 21.1 Å². The minimum Gasteiger partial charge on any atom is -0.493 e. The van der Waals surface area contributed by atoms with Crippen molar-refractivity contribution in [3.8, 4) is 5.75 Å². The van der Waals surface area contributed by atoms with Crippen LogP contribution in [0.1, 0.15) is 12.8 Å². The molecule has 0 saturated carbocycles. The number of primary amides is 1. The van der Waals surface area contributed by atoms with E-state index in [1.165, 1.54) is 0 Å². The quantitative estimate of drug-likeness (QED) is 0.705. The molecular formula is C14H19N3O3. The highest BCUT2D eigenvalue weighted by Gasteiger charge is 2.22. The lowest BCUT2D eigenvalue weighted by Gasteiger charge is -2.10. The van der Waals surface area contributed by atoms with Gasteiger partial charge in [-0.2, -0.15) is 0 Å². The molecule has 0 spiro atoms. The Kier molecular flexibility index (Phi) is 4.95. The summed E-state index contributed by atoms with van der Waals surface area (Å²) in [6.07, 6.45) is 1.06. The number of hydrogen-bond donors (Lipinski definition) is 3. The molecule has 20 heavy (non-hydrogen) atoms. The smallest absolute Gasteiger partial charge is 0.228 e. The van der Waals surface area contributed by atoms with Gasteiger partial charge in [-0.25, -0.2) is 0 Å². The predicted molar refractivity (Wildman–Crippen MR) is 75.4 cm³/mol. The SMILES string of the molecule is NC(=O)CCOc1ccc(NC(=O)C2CCNC2)cc1. The third-order valence-electron chi connectivity index (χ3n) is 3.17. The van der Waals surface area contributed by atoms with Crippen molar-refractivity contribution in [1.82, 2.24) is 5.32 Å². The summed E-state index contributed by atoms with van der Waals surface area (Å²) < 4.78 is 5.35. The highest BCUT2D eigenvalue weighted by Crippen LogP contribution is 2.17. The largest absolute Gasteiger partial charge is 0.493 e. The van der Waals surface area contributed by atoms with Crippen LogP contribution in [0.3, 0.4) is 0 Å². The maximum atomic E-state index is 11.9. The molecule has 1 saturated heterocycles. The Morgan fingerprint density at radius 3 is 2.70 bits per heavy atom.